The number of thiocarbonyl (C=S) groups is 1. The van der Waals surface area contributed by atoms with Gasteiger partial charge in [0.05, 0.1) is 10.4 Å². The van der Waals surface area contributed by atoms with Crippen molar-refractivity contribution >= 4 is 23.1 Å². The molecule has 0 aromatic heterocycles. The summed E-state index contributed by atoms with van der Waals surface area (Å²) < 4.78 is 0. The van der Waals surface area contributed by atoms with E-state index in [2.05, 4.69) is 24.2 Å². The van der Waals surface area contributed by atoms with Gasteiger partial charge in [-0.15, -0.1) is 0 Å². The zero-order chi connectivity index (χ0) is 13.9. The molecule has 3 atom stereocenters. The minimum Gasteiger partial charge on any atom is -0.392 e. The molecular weight excluding hydrogens is 246 g/mol. The van der Waals surface area contributed by atoms with E-state index in [-0.39, 0.29) is 16.9 Å². The standard InChI is InChI=1S/C13H25N3OS/c1-5-13(3,11(14)18)12(17)15-10-6-7-16(4)9(2)8-10/h9-10H,5-8H2,1-4H3,(H2,14,18)(H,15,17). The molecule has 1 aliphatic heterocycles. The monoisotopic (exact) mass is 271 g/mol. The van der Waals surface area contributed by atoms with Crippen LogP contribution in [-0.4, -0.2) is 41.5 Å². The Balaban J connectivity index is 2.62. The van der Waals surface area contributed by atoms with Crippen molar-refractivity contribution < 1.29 is 4.79 Å². The fourth-order valence-corrected chi connectivity index (χ4v) is 2.45. The van der Waals surface area contributed by atoms with Gasteiger partial charge in [0.15, 0.2) is 0 Å². The molecule has 3 N–H and O–H groups in total. The molecule has 1 saturated heterocycles. The molecule has 0 bridgehead atoms. The summed E-state index contributed by atoms with van der Waals surface area (Å²) in [6.07, 6.45) is 2.61. The summed E-state index contributed by atoms with van der Waals surface area (Å²) in [5.41, 5.74) is 4.98. The van der Waals surface area contributed by atoms with Crippen molar-refractivity contribution in [3.63, 3.8) is 0 Å². The van der Waals surface area contributed by atoms with Crippen LogP contribution in [0.3, 0.4) is 0 Å². The molecule has 0 aromatic carbocycles. The first-order chi connectivity index (χ1) is 8.31. The molecule has 1 fully saturated rings. The predicted octanol–water partition coefficient (Wildman–Crippen LogP) is 1.29. The molecule has 0 radical (unpaired) electrons. The van der Waals surface area contributed by atoms with E-state index in [1.807, 2.05) is 13.8 Å². The van der Waals surface area contributed by atoms with Crippen LogP contribution in [0.1, 0.15) is 40.0 Å². The van der Waals surface area contributed by atoms with Crippen molar-refractivity contribution in [2.75, 3.05) is 13.6 Å². The van der Waals surface area contributed by atoms with Gasteiger partial charge in [0.2, 0.25) is 5.91 Å². The number of carbonyl (C=O) groups excluding carboxylic acids is 1. The largest absolute Gasteiger partial charge is 0.392 e. The first-order valence-corrected chi connectivity index (χ1v) is 7.03. The van der Waals surface area contributed by atoms with Gasteiger partial charge in [-0.1, -0.05) is 19.1 Å². The second-order valence-corrected chi connectivity index (χ2v) is 6.01. The van der Waals surface area contributed by atoms with Crippen LogP contribution in [-0.2, 0) is 4.79 Å². The molecule has 4 nitrogen and oxygen atoms in total. The molecule has 1 amide bonds. The summed E-state index contributed by atoms with van der Waals surface area (Å²) in [4.78, 5) is 14.9. The highest BCUT2D eigenvalue weighted by Gasteiger charge is 2.36. The maximum atomic E-state index is 12.3. The molecule has 0 saturated carbocycles. The molecule has 5 heteroatoms. The third kappa shape index (κ3) is 3.20. The van der Waals surface area contributed by atoms with Crippen LogP contribution < -0.4 is 11.1 Å². The van der Waals surface area contributed by atoms with Gasteiger partial charge in [-0.3, -0.25) is 4.79 Å². The molecule has 3 unspecified atom stereocenters. The summed E-state index contributed by atoms with van der Waals surface area (Å²) in [7, 11) is 2.12. The number of nitrogens with zero attached hydrogens (tertiary/aromatic N) is 1. The summed E-state index contributed by atoms with van der Waals surface area (Å²) in [6.45, 7) is 6.96. The second kappa shape index (κ2) is 5.97. The number of carbonyl (C=O) groups is 1. The Labute approximate surface area is 115 Å². The maximum absolute atomic E-state index is 12.3. The van der Waals surface area contributed by atoms with Crippen LogP contribution in [0.25, 0.3) is 0 Å². The molecular formula is C13H25N3OS. The number of nitrogens with one attached hydrogen (secondary N) is 1. The Hall–Kier alpha value is -0.680. The number of piperidine rings is 1. The minimum absolute atomic E-state index is 0.0285. The van der Waals surface area contributed by atoms with Crippen LogP contribution in [0.15, 0.2) is 0 Å². The van der Waals surface area contributed by atoms with Gasteiger partial charge >= 0.3 is 0 Å². The van der Waals surface area contributed by atoms with Crippen LogP contribution in [0.2, 0.25) is 0 Å². The highest BCUT2D eigenvalue weighted by Crippen LogP contribution is 2.23. The Bertz CT molecular complexity index is 334. The van der Waals surface area contributed by atoms with Crippen molar-refractivity contribution in [1.29, 1.82) is 0 Å². The lowest BCUT2D eigenvalue weighted by Crippen LogP contribution is -2.53. The number of likely N-dealkylation sites (tertiary alicyclic amines) is 1. The van der Waals surface area contributed by atoms with E-state index in [9.17, 15) is 4.79 Å². The zero-order valence-corrected chi connectivity index (χ0v) is 12.6. The predicted molar refractivity (Wildman–Crippen MR) is 78.4 cm³/mol. The van der Waals surface area contributed by atoms with Crippen LogP contribution in [0.5, 0.6) is 0 Å². The average molecular weight is 271 g/mol. The van der Waals surface area contributed by atoms with E-state index in [0.29, 0.717) is 12.5 Å². The first-order valence-electron chi connectivity index (χ1n) is 6.62. The number of amides is 1. The van der Waals surface area contributed by atoms with E-state index >= 15 is 0 Å². The van der Waals surface area contributed by atoms with Crippen molar-refractivity contribution in [2.24, 2.45) is 11.1 Å². The van der Waals surface area contributed by atoms with E-state index < -0.39 is 5.41 Å². The maximum Gasteiger partial charge on any atom is 0.232 e. The third-order valence-electron chi connectivity index (χ3n) is 4.30. The fourth-order valence-electron chi connectivity index (χ4n) is 2.21. The third-order valence-corrected chi connectivity index (χ3v) is 4.75. The summed E-state index contributed by atoms with van der Waals surface area (Å²) in [6, 6.07) is 0.741. The van der Waals surface area contributed by atoms with Gasteiger partial charge in [0, 0.05) is 18.6 Å². The second-order valence-electron chi connectivity index (χ2n) is 5.57. The number of hydrogen-bond acceptors (Lipinski definition) is 3. The van der Waals surface area contributed by atoms with Gasteiger partial charge in [-0.2, -0.15) is 0 Å². The molecule has 1 aliphatic rings. The van der Waals surface area contributed by atoms with Gasteiger partial charge in [-0.25, -0.2) is 0 Å². The molecule has 1 rings (SSSR count). The van der Waals surface area contributed by atoms with Crippen molar-refractivity contribution in [3.05, 3.63) is 0 Å². The van der Waals surface area contributed by atoms with Crippen molar-refractivity contribution in [1.82, 2.24) is 10.2 Å². The smallest absolute Gasteiger partial charge is 0.232 e. The van der Waals surface area contributed by atoms with Crippen molar-refractivity contribution in [2.45, 2.75) is 52.1 Å². The summed E-state index contributed by atoms with van der Waals surface area (Å²) >= 11 is 5.02. The highest BCUT2D eigenvalue weighted by atomic mass is 32.1. The Morgan fingerprint density at radius 2 is 2.22 bits per heavy atom. The molecule has 1 heterocycles. The Morgan fingerprint density at radius 3 is 2.67 bits per heavy atom. The normalized spacial score (nSPS) is 28.4. The van der Waals surface area contributed by atoms with E-state index in [1.165, 1.54) is 0 Å². The topological polar surface area (TPSA) is 58.4 Å². The van der Waals surface area contributed by atoms with Gasteiger partial charge in [0.25, 0.3) is 0 Å². The lowest BCUT2D eigenvalue weighted by Gasteiger charge is -2.37. The van der Waals surface area contributed by atoms with Gasteiger partial charge < -0.3 is 16.0 Å². The molecule has 18 heavy (non-hydrogen) atoms. The highest BCUT2D eigenvalue weighted by molar-refractivity contribution is 7.80. The lowest BCUT2D eigenvalue weighted by molar-refractivity contribution is -0.128. The quantitative estimate of drug-likeness (QED) is 0.757. The number of rotatable bonds is 4. The van der Waals surface area contributed by atoms with Gasteiger partial charge in [-0.05, 0) is 40.2 Å². The van der Waals surface area contributed by atoms with Crippen molar-refractivity contribution in [3.8, 4) is 0 Å². The lowest BCUT2D eigenvalue weighted by atomic mass is 9.85. The average Bonchev–Trinajstić information content (AvgIpc) is 2.32. The van der Waals surface area contributed by atoms with E-state index in [1.54, 1.807) is 0 Å². The molecule has 0 spiro atoms. The molecule has 0 aliphatic carbocycles. The van der Waals surface area contributed by atoms with E-state index in [4.69, 9.17) is 18.0 Å². The van der Waals surface area contributed by atoms with Crippen LogP contribution in [0, 0.1) is 5.41 Å². The molecule has 104 valence electrons. The first kappa shape index (κ1) is 15.4. The van der Waals surface area contributed by atoms with Crippen LogP contribution >= 0.6 is 12.2 Å². The summed E-state index contributed by atoms with van der Waals surface area (Å²) in [5, 5.41) is 3.11. The van der Waals surface area contributed by atoms with Gasteiger partial charge in [0.1, 0.15) is 0 Å². The molecule has 0 aromatic rings. The fraction of sp³-hybridized carbons (Fsp3) is 0.846. The van der Waals surface area contributed by atoms with Crippen LogP contribution in [0.4, 0.5) is 0 Å². The zero-order valence-electron chi connectivity index (χ0n) is 11.8. The SMILES string of the molecule is CCC(C)(C(=O)NC1CCN(C)C(C)C1)C(N)=S. The Kier molecular flexibility index (Phi) is 5.10. The minimum atomic E-state index is -0.720. The Morgan fingerprint density at radius 1 is 1.61 bits per heavy atom. The summed E-state index contributed by atoms with van der Waals surface area (Å²) in [5.74, 6) is -0.0285. The number of hydrogen-bond donors (Lipinski definition) is 2. The van der Waals surface area contributed by atoms with E-state index in [0.717, 1.165) is 19.4 Å². The number of nitrogens with two attached hydrogens (primary N) is 1.